The van der Waals surface area contributed by atoms with Gasteiger partial charge in [0.1, 0.15) is 10.6 Å². The summed E-state index contributed by atoms with van der Waals surface area (Å²) in [7, 11) is 0. The van der Waals surface area contributed by atoms with Crippen LogP contribution in [0.2, 0.25) is 0 Å². The number of pyridine rings is 1. The summed E-state index contributed by atoms with van der Waals surface area (Å²) in [5.41, 5.74) is 1.11. The number of ether oxygens (including phenoxy) is 1. The number of rotatable bonds is 7. The predicted octanol–water partition coefficient (Wildman–Crippen LogP) is 4.02. The largest absolute Gasteiger partial charge is 0.618 e. The number of anilines is 1. The van der Waals surface area contributed by atoms with Gasteiger partial charge in [-0.2, -0.15) is 4.73 Å². The Hall–Kier alpha value is -2.36. The van der Waals surface area contributed by atoms with Crippen molar-refractivity contribution >= 4 is 51.3 Å². The Balaban J connectivity index is 1.77. The SMILES string of the molecule is CCOC(=O)c1c(-c2cccs2)csc1NC(=O)CSc1cccc[n+]1[O-]. The maximum Gasteiger partial charge on any atom is 0.341 e. The van der Waals surface area contributed by atoms with Crippen LogP contribution in [0.1, 0.15) is 17.3 Å². The number of hydrogen-bond donors (Lipinski definition) is 1. The van der Waals surface area contributed by atoms with Gasteiger partial charge in [0.15, 0.2) is 6.20 Å². The zero-order chi connectivity index (χ0) is 19.2. The molecule has 0 bridgehead atoms. The molecule has 0 atom stereocenters. The standard InChI is InChI=1S/C18H16N2O4S3/c1-2-24-18(22)16-12(13-6-5-9-25-13)10-27-17(16)19-14(21)11-26-15-7-3-4-8-20(15)23/h3-10H,2,11H2,1H3,(H,19,21). The number of nitrogens with zero attached hydrogens (tertiary/aromatic N) is 1. The number of carbonyl (C=O) groups excluding carboxylic acids is 2. The first-order chi connectivity index (χ1) is 13.1. The van der Waals surface area contributed by atoms with Crippen molar-refractivity contribution in [3.05, 3.63) is 58.1 Å². The first-order valence-electron chi connectivity index (χ1n) is 8.03. The molecule has 0 radical (unpaired) electrons. The molecular formula is C18H16N2O4S3. The summed E-state index contributed by atoms with van der Waals surface area (Å²) in [6.45, 7) is 1.99. The van der Waals surface area contributed by atoms with E-state index in [0.29, 0.717) is 20.3 Å². The average Bonchev–Trinajstić information content (AvgIpc) is 3.30. The van der Waals surface area contributed by atoms with Gasteiger partial charge in [0.05, 0.1) is 12.4 Å². The Morgan fingerprint density at radius 2 is 2.11 bits per heavy atom. The van der Waals surface area contributed by atoms with Crippen LogP contribution in [-0.2, 0) is 9.53 Å². The first kappa shape index (κ1) is 19.4. The zero-order valence-electron chi connectivity index (χ0n) is 14.3. The lowest BCUT2D eigenvalue weighted by molar-refractivity contribution is -0.645. The number of esters is 1. The van der Waals surface area contributed by atoms with Crippen LogP contribution in [0.4, 0.5) is 5.00 Å². The molecule has 6 nitrogen and oxygen atoms in total. The Morgan fingerprint density at radius 1 is 1.26 bits per heavy atom. The van der Waals surface area contributed by atoms with Gasteiger partial charge in [0.25, 0.3) is 5.03 Å². The van der Waals surface area contributed by atoms with Crippen LogP contribution in [-0.4, -0.2) is 24.2 Å². The van der Waals surface area contributed by atoms with Gasteiger partial charge < -0.3 is 15.3 Å². The maximum absolute atomic E-state index is 12.4. The minimum absolute atomic E-state index is 0.0563. The first-order valence-corrected chi connectivity index (χ1v) is 10.8. The summed E-state index contributed by atoms with van der Waals surface area (Å²) in [6.07, 6.45) is 1.38. The molecule has 140 valence electrons. The molecule has 0 aliphatic rings. The highest BCUT2D eigenvalue weighted by atomic mass is 32.2. The van der Waals surface area contributed by atoms with Crippen molar-refractivity contribution in [2.45, 2.75) is 11.9 Å². The van der Waals surface area contributed by atoms with Crippen LogP contribution < -0.4 is 10.0 Å². The summed E-state index contributed by atoms with van der Waals surface area (Å²) in [6, 6.07) is 8.83. The molecule has 0 fully saturated rings. The average molecular weight is 421 g/mol. The van der Waals surface area contributed by atoms with Gasteiger partial charge in [-0.15, -0.1) is 22.7 Å². The fraction of sp³-hybridized carbons (Fsp3) is 0.167. The number of carbonyl (C=O) groups is 2. The molecule has 3 aromatic rings. The highest BCUT2D eigenvalue weighted by Crippen LogP contribution is 2.38. The molecule has 3 heterocycles. The number of thioether (sulfide) groups is 1. The van der Waals surface area contributed by atoms with Gasteiger partial charge in [0, 0.05) is 28.0 Å². The summed E-state index contributed by atoms with van der Waals surface area (Å²) >= 11 is 3.92. The van der Waals surface area contributed by atoms with E-state index in [0.717, 1.165) is 22.2 Å². The van der Waals surface area contributed by atoms with E-state index in [9.17, 15) is 14.8 Å². The molecule has 3 aromatic heterocycles. The monoisotopic (exact) mass is 420 g/mol. The molecular weight excluding hydrogens is 404 g/mol. The molecule has 0 unspecified atom stereocenters. The minimum atomic E-state index is -0.467. The molecule has 0 aliphatic heterocycles. The zero-order valence-corrected chi connectivity index (χ0v) is 16.8. The van der Waals surface area contributed by atoms with Crippen molar-refractivity contribution in [2.75, 3.05) is 17.7 Å². The molecule has 27 heavy (non-hydrogen) atoms. The minimum Gasteiger partial charge on any atom is -0.618 e. The van der Waals surface area contributed by atoms with Crippen molar-refractivity contribution < 1.29 is 19.1 Å². The third-order valence-electron chi connectivity index (χ3n) is 3.45. The van der Waals surface area contributed by atoms with Gasteiger partial charge in [-0.3, -0.25) is 4.79 Å². The van der Waals surface area contributed by atoms with Gasteiger partial charge in [0.2, 0.25) is 5.91 Å². The Labute approximate surface area is 168 Å². The smallest absolute Gasteiger partial charge is 0.341 e. The second-order valence-corrected chi connectivity index (χ2v) is 8.08. The molecule has 0 spiro atoms. The van der Waals surface area contributed by atoms with Gasteiger partial charge in [-0.05, 0) is 36.2 Å². The van der Waals surface area contributed by atoms with Crippen molar-refractivity contribution in [3.8, 4) is 10.4 Å². The lowest BCUT2D eigenvalue weighted by atomic mass is 10.1. The molecule has 1 amide bonds. The normalized spacial score (nSPS) is 10.6. The number of hydrogen-bond acceptors (Lipinski definition) is 7. The van der Waals surface area contributed by atoms with E-state index < -0.39 is 5.97 Å². The molecule has 9 heteroatoms. The molecule has 3 rings (SSSR count). The van der Waals surface area contributed by atoms with Crippen LogP contribution in [0, 0.1) is 5.21 Å². The van der Waals surface area contributed by atoms with Crippen LogP contribution in [0.15, 0.2) is 52.3 Å². The molecule has 0 saturated heterocycles. The van der Waals surface area contributed by atoms with Gasteiger partial charge >= 0.3 is 5.97 Å². The van der Waals surface area contributed by atoms with Crippen molar-refractivity contribution in [1.82, 2.24) is 0 Å². The summed E-state index contributed by atoms with van der Waals surface area (Å²) < 4.78 is 5.87. The van der Waals surface area contributed by atoms with E-state index in [4.69, 9.17) is 4.74 Å². The number of aromatic nitrogens is 1. The van der Waals surface area contributed by atoms with Crippen LogP contribution in [0.5, 0.6) is 0 Å². The summed E-state index contributed by atoms with van der Waals surface area (Å²) in [4.78, 5) is 25.7. The van der Waals surface area contributed by atoms with Crippen LogP contribution >= 0.6 is 34.4 Å². The van der Waals surface area contributed by atoms with Gasteiger partial charge in [-0.1, -0.05) is 6.07 Å². The lowest BCUT2D eigenvalue weighted by Crippen LogP contribution is -2.28. The van der Waals surface area contributed by atoms with Crippen molar-refractivity contribution in [1.29, 1.82) is 0 Å². The van der Waals surface area contributed by atoms with E-state index in [1.807, 2.05) is 22.9 Å². The fourth-order valence-corrected chi connectivity index (χ4v) is 4.80. The molecule has 1 N–H and O–H groups in total. The highest BCUT2D eigenvalue weighted by Gasteiger charge is 2.23. The Kier molecular flexibility index (Phi) is 6.49. The van der Waals surface area contributed by atoms with E-state index in [1.165, 1.54) is 28.9 Å². The molecule has 0 aliphatic carbocycles. The van der Waals surface area contributed by atoms with Crippen molar-refractivity contribution in [2.24, 2.45) is 0 Å². The highest BCUT2D eigenvalue weighted by molar-refractivity contribution is 7.99. The van der Waals surface area contributed by atoms with Crippen LogP contribution in [0.25, 0.3) is 10.4 Å². The van der Waals surface area contributed by atoms with E-state index >= 15 is 0 Å². The summed E-state index contributed by atoms with van der Waals surface area (Å²) in [5, 5.41) is 19.1. The van der Waals surface area contributed by atoms with E-state index in [-0.39, 0.29) is 18.3 Å². The molecule has 0 aromatic carbocycles. The topological polar surface area (TPSA) is 82.3 Å². The third kappa shape index (κ3) is 4.68. The predicted molar refractivity (Wildman–Crippen MR) is 108 cm³/mol. The maximum atomic E-state index is 12.4. The number of amides is 1. The lowest BCUT2D eigenvalue weighted by Gasteiger charge is -2.08. The Bertz CT molecular complexity index is 938. The van der Waals surface area contributed by atoms with Crippen LogP contribution in [0.3, 0.4) is 0 Å². The molecule has 0 saturated carbocycles. The second kappa shape index (κ2) is 9.03. The Morgan fingerprint density at radius 3 is 2.81 bits per heavy atom. The van der Waals surface area contributed by atoms with Crippen molar-refractivity contribution in [3.63, 3.8) is 0 Å². The summed E-state index contributed by atoms with van der Waals surface area (Å²) in [5.74, 6) is -0.708. The number of thiophene rings is 2. The van der Waals surface area contributed by atoms with E-state index in [1.54, 1.807) is 25.1 Å². The number of nitrogens with one attached hydrogen (secondary N) is 1. The third-order valence-corrected chi connectivity index (χ3v) is 6.27. The quantitative estimate of drug-likeness (QED) is 0.270. The second-order valence-electron chi connectivity index (χ2n) is 5.25. The fourth-order valence-electron chi connectivity index (χ4n) is 2.30. The van der Waals surface area contributed by atoms with E-state index in [2.05, 4.69) is 5.32 Å². The van der Waals surface area contributed by atoms with Gasteiger partial charge in [-0.25, -0.2) is 4.79 Å².